The van der Waals surface area contributed by atoms with Crippen LogP contribution >= 0.6 is 23.4 Å². The molecule has 1 aromatic rings. The summed E-state index contributed by atoms with van der Waals surface area (Å²) in [5.41, 5.74) is 7.82. The fraction of sp³-hybridized carbons (Fsp3) is 0.500. The monoisotopic (exact) mass is 258 g/mol. The van der Waals surface area contributed by atoms with Gasteiger partial charge in [0.05, 0.1) is 0 Å². The Kier molecular flexibility index (Phi) is 6.03. The number of nitrogens with two attached hydrogens (primary N) is 1. The molecule has 4 heteroatoms. The molecular formula is C12H19ClN2S. The van der Waals surface area contributed by atoms with Crippen LogP contribution in [0.4, 0.5) is 5.69 Å². The van der Waals surface area contributed by atoms with Crippen LogP contribution < -0.4 is 10.6 Å². The number of halogens is 1. The Labute approximate surface area is 107 Å². The van der Waals surface area contributed by atoms with E-state index in [1.165, 1.54) is 5.69 Å². The fourth-order valence-electron chi connectivity index (χ4n) is 1.49. The van der Waals surface area contributed by atoms with E-state index in [9.17, 15) is 0 Å². The van der Waals surface area contributed by atoms with E-state index in [4.69, 9.17) is 17.3 Å². The summed E-state index contributed by atoms with van der Waals surface area (Å²) < 4.78 is 0. The molecule has 2 N–H and O–H groups in total. The lowest BCUT2D eigenvalue weighted by atomic mass is 10.1. The zero-order chi connectivity index (χ0) is 12.0. The number of thioether (sulfide) groups is 1. The van der Waals surface area contributed by atoms with E-state index in [1.54, 1.807) is 0 Å². The Hall–Kier alpha value is -0.380. The zero-order valence-electron chi connectivity index (χ0n) is 9.87. The molecule has 90 valence electrons. The minimum atomic E-state index is 0.640. The first kappa shape index (κ1) is 13.7. The highest BCUT2D eigenvalue weighted by Gasteiger charge is 2.04. The van der Waals surface area contributed by atoms with Crippen LogP contribution in [0.2, 0.25) is 5.02 Å². The molecule has 16 heavy (non-hydrogen) atoms. The Morgan fingerprint density at radius 1 is 1.44 bits per heavy atom. The molecule has 0 unspecified atom stereocenters. The molecule has 0 saturated heterocycles. The first-order chi connectivity index (χ1) is 7.69. The Morgan fingerprint density at radius 2 is 2.19 bits per heavy atom. The van der Waals surface area contributed by atoms with Crippen LogP contribution in [-0.2, 0) is 6.42 Å². The van der Waals surface area contributed by atoms with E-state index in [0.717, 1.165) is 29.3 Å². The van der Waals surface area contributed by atoms with Gasteiger partial charge >= 0.3 is 0 Å². The molecule has 0 saturated carbocycles. The topological polar surface area (TPSA) is 29.3 Å². The van der Waals surface area contributed by atoms with Crippen molar-refractivity contribution in [2.45, 2.75) is 6.42 Å². The molecule has 0 atom stereocenters. The predicted octanol–water partition coefficient (Wildman–Crippen LogP) is 2.64. The molecule has 2 nitrogen and oxygen atoms in total. The SMILES string of the molecule is CSCCN(C)c1ccc(CCN)c(Cl)c1. The van der Waals surface area contributed by atoms with Gasteiger partial charge in [0.25, 0.3) is 0 Å². The summed E-state index contributed by atoms with van der Waals surface area (Å²) in [5.74, 6) is 1.12. The summed E-state index contributed by atoms with van der Waals surface area (Å²) in [6.45, 7) is 1.68. The molecule has 0 aliphatic heterocycles. The standard InChI is InChI=1S/C12H19ClN2S/c1-15(7-8-16-2)11-4-3-10(5-6-14)12(13)9-11/h3-4,9H,5-8,14H2,1-2H3. The van der Waals surface area contributed by atoms with Crippen LogP contribution in [0.25, 0.3) is 0 Å². The third kappa shape index (κ3) is 3.89. The number of benzene rings is 1. The molecule has 0 bridgehead atoms. The second kappa shape index (κ2) is 7.05. The van der Waals surface area contributed by atoms with E-state index in [-0.39, 0.29) is 0 Å². The first-order valence-electron chi connectivity index (χ1n) is 5.37. The predicted molar refractivity (Wildman–Crippen MR) is 75.9 cm³/mol. The molecule has 0 spiro atoms. The van der Waals surface area contributed by atoms with Crippen molar-refractivity contribution in [2.75, 3.05) is 37.0 Å². The molecule has 0 aromatic heterocycles. The molecule has 1 rings (SSSR count). The van der Waals surface area contributed by atoms with Gasteiger partial charge in [0.2, 0.25) is 0 Å². The van der Waals surface area contributed by atoms with Gasteiger partial charge in [-0.25, -0.2) is 0 Å². The van der Waals surface area contributed by atoms with Crippen molar-refractivity contribution in [3.63, 3.8) is 0 Å². The van der Waals surface area contributed by atoms with Gasteiger partial charge in [0.15, 0.2) is 0 Å². The Bertz CT molecular complexity index is 331. The van der Waals surface area contributed by atoms with Gasteiger partial charge in [-0.2, -0.15) is 11.8 Å². The van der Waals surface area contributed by atoms with Gasteiger partial charge < -0.3 is 10.6 Å². The lowest BCUT2D eigenvalue weighted by Gasteiger charge is -2.19. The molecule has 1 aromatic carbocycles. The third-order valence-electron chi connectivity index (χ3n) is 2.52. The normalized spacial score (nSPS) is 10.5. The van der Waals surface area contributed by atoms with Crippen LogP contribution in [0, 0.1) is 0 Å². The third-order valence-corrected chi connectivity index (χ3v) is 3.46. The van der Waals surface area contributed by atoms with Crippen molar-refractivity contribution in [1.82, 2.24) is 0 Å². The van der Waals surface area contributed by atoms with Gasteiger partial charge in [-0.15, -0.1) is 0 Å². The summed E-state index contributed by atoms with van der Waals surface area (Å²) in [6.07, 6.45) is 2.96. The maximum atomic E-state index is 6.20. The quantitative estimate of drug-likeness (QED) is 0.851. The van der Waals surface area contributed by atoms with Crippen molar-refractivity contribution in [3.05, 3.63) is 28.8 Å². The number of anilines is 1. The fourth-order valence-corrected chi connectivity index (χ4v) is 2.21. The van der Waals surface area contributed by atoms with Crippen LogP contribution in [0.5, 0.6) is 0 Å². The number of hydrogen-bond donors (Lipinski definition) is 1. The summed E-state index contributed by atoms with van der Waals surface area (Å²) in [5, 5.41) is 0.818. The van der Waals surface area contributed by atoms with Crippen molar-refractivity contribution < 1.29 is 0 Å². The van der Waals surface area contributed by atoms with Gasteiger partial charge in [0, 0.05) is 30.1 Å². The summed E-state index contributed by atoms with van der Waals surface area (Å²) in [6, 6.07) is 6.20. The molecule has 0 fully saturated rings. The van der Waals surface area contributed by atoms with Crippen molar-refractivity contribution >= 4 is 29.1 Å². The van der Waals surface area contributed by atoms with Crippen LogP contribution in [0.3, 0.4) is 0 Å². The first-order valence-corrected chi connectivity index (χ1v) is 7.14. The highest BCUT2D eigenvalue weighted by molar-refractivity contribution is 7.98. The largest absolute Gasteiger partial charge is 0.374 e. The lowest BCUT2D eigenvalue weighted by Crippen LogP contribution is -2.20. The summed E-state index contributed by atoms with van der Waals surface area (Å²) in [7, 11) is 2.09. The van der Waals surface area contributed by atoms with Crippen molar-refractivity contribution in [1.29, 1.82) is 0 Å². The maximum Gasteiger partial charge on any atom is 0.0459 e. The van der Waals surface area contributed by atoms with Gasteiger partial charge in [-0.05, 0) is 36.9 Å². The minimum absolute atomic E-state index is 0.640. The highest BCUT2D eigenvalue weighted by Crippen LogP contribution is 2.23. The molecule has 0 aliphatic rings. The van der Waals surface area contributed by atoms with E-state index < -0.39 is 0 Å². The van der Waals surface area contributed by atoms with Gasteiger partial charge in [-0.3, -0.25) is 0 Å². The van der Waals surface area contributed by atoms with Crippen molar-refractivity contribution in [2.24, 2.45) is 5.73 Å². The van der Waals surface area contributed by atoms with Crippen LogP contribution in [0.15, 0.2) is 18.2 Å². The minimum Gasteiger partial charge on any atom is -0.374 e. The average Bonchev–Trinajstić information content (AvgIpc) is 2.29. The second-order valence-electron chi connectivity index (χ2n) is 3.73. The second-order valence-corrected chi connectivity index (χ2v) is 5.12. The number of nitrogens with zero attached hydrogens (tertiary/aromatic N) is 1. The van der Waals surface area contributed by atoms with E-state index in [0.29, 0.717) is 6.54 Å². The van der Waals surface area contributed by atoms with E-state index >= 15 is 0 Å². The van der Waals surface area contributed by atoms with Gasteiger partial charge in [-0.1, -0.05) is 17.7 Å². The zero-order valence-corrected chi connectivity index (χ0v) is 11.4. The van der Waals surface area contributed by atoms with E-state index in [2.05, 4.69) is 30.3 Å². The van der Waals surface area contributed by atoms with Crippen molar-refractivity contribution in [3.8, 4) is 0 Å². The number of hydrogen-bond acceptors (Lipinski definition) is 3. The molecule has 0 heterocycles. The molecule has 0 radical (unpaired) electrons. The number of rotatable bonds is 6. The van der Waals surface area contributed by atoms with Crippen LogP contribution in [0.1, 0.15) is 5.56 Å². The summed E-state index contributed by atoms with van der Waals surface area (Å²) >= 11 is 8.05. The maximum absolute atomic E-state index is 6.20. The summed E-state index contributed by atoms with van der Waals surface area (Å²) in [4.78, 5) is 2.22. The smallest absolute Gasteiger partial charge is 0.0459 e. The average molecular weight is 259 g/mol. The molecule has 0 aliphatic carbocycles. The molecule has 0 amide bonds. The van der Waals surface area contributed by atoms with Gasteiger partial charge in [0.1, 0.15) is 0 Å². The lowest BCUT2D eigenvalue weighted by molar-refractivity contribution is 0.957. The van der Waals surface area contributed by atoms with E-state index in [1.807, 2.05) is 17.8 Å². The van der Waals surface area contributed by atoms with Crippen LogP contribution in [-0.4, -0.2) is 32.1 Å². The highest BCUT2D eigenvalue weighted by atomic mass is 35.5. The molecular weight excluding hydrogens is 240 g/mol. The Morgan fingerprint density at radius 3 is 2.75 bits per heavy atom. The Balaban J connectivity index is 2.71.